The number of hydrogen-bond donors (Lipinski definition) is 4. The van der Waals surface area contributed by atoms with Crippen LogP contribution in [-0.2, 0) is 19.0 Å². The van der Waals surface area contributed by atoms with Crippen LogP contribution in [0.4, 0.5) is 15.3 Å². The number of nitrogens with one attached hydrogen (secondary N) is 1. The largest absolute Gasteiger partial charge is 0.497 e. The van der Waals surface area contributed by atoms with Gasteiger partial charge in [-0.25, -0.2) is 9.59 Å². The number of benzene rings is 2. The highest BCUT2D eigenvalue weighted by atomic mass is 16.7. The Morgan fingerprint density at radius 1 is 0.984 bits per heavy atom. The molecule has 16 nitrogen and oxygen atoms in total. The number of ether oxygens (including phenoxy) is 7. The second-order valence-electron chi connectivity index (χ2n) is 16.8. The molecule has 6 atom stereocenters. The minimum absolute atomic E-state index is 0.0191. The summed E-state index contributed by atoms with van der Waals surface area (Å²) < 4.78 is 42.4. The van der Waals surface area contributed by atoms with Gasteiger partial charge in [0.1, 0.15) is 34.6 Å². The van der Waals surface area contributed by atoms with Gasteiger partial charge < -0.3 is 53.3 Å². The van der Waals surface area contributed by atoms with Crippen molar-refractivity contribution in [2.75, 3.05) is 72.3 Å². The third kappa shape index (κ3) is 12.0. The summed E-state index contributed by atoms with van der Waals surface area (Å²) in [5.74, 6) is -0.937. The monoisotopic (exact) mass is 881 g/mol. The van der Waals surface area contributed by atoms with Gasteiger partial charge in [-0.3, -0.25) is 10.2 Å². The number of anilines is 1. The lowest BCUT2D eigenvalue weighted by Crippen LogP contribution is -2.70. The van der Waals surface area contributed by atoms with E-state index in [0.717, 1.165) is 30.4 Å². The Morgan fingerprint density at radius 2 is 1.73 bits per heavy atom. The quantitative estimate of drug-likeness (QED) is 0.0497. The number of methoxy groups -OCH3 is 2. The molecule has 0 aromatic heterocycles. The van der Waals surface area contributed by atoms with E-state index < -0.39 is 35.5 Å². The number of nitrogens with zero attached hydrogens (tertiary/aromatic N) is 2. The number of allylic oxidation sites excluding steroid dienone is 1. The van der Waals surface area contributed by atoms with Crippen molar-refractivity contribution < 1.29 is 62.9 Å². The van der Waals surface area contributed by atoms with Crippen LogP contribution in [0, 0.1) is 17.8 Å². The number of aliphatic hydroxyl groups excluding tert-OH is 3. The van der Waals surface area contributed by atoms with Gasteiger partial charge in [0.15, 0.2) is 0 Å². The van der Waals surface area contributed by atoms with Gasteiger partial charge in [0, 0.05) is 43.7 Å². The highest BCUT2D eigenvalue weighted by Crippen LogP contribution is 2.62. The van der Waals surface area contributed by atoms with Gasteiger partial charge in [-0.2, -0.15) is 0 Å². The maximum atomic E-state index is 14.2. The molecule has 4 N–H and O–H groups in total. The first-order valence-electron chi connectivity index (χ1n) is 22.0. The molecule has 1 heterocycles. The Morgan fingerprint density at radius 3 is 2.40 bits per heavy atom. The number of oxime groups is 1. The molecule has 1 saturated carbocycles. The van der Waals surface area contributed by atoms with Crippen LogP contribution >= 0.6 is 0 Å². The van der Waals surface area contributed by atoms with Crippen LogP contribution in [0.1, 0.15) is 84.1 Å². The average Bonchev–Trinajstić information content (AvgIpc) is 3.26. The standard InChI is InChI=1S/C47H67N3O13/c1-8-24-60-47-41(50(45(55)59-9-2)20-25-58-26-23-53)30-38(49-63-46(3,4)5)35-27-31(14-10-12-21-51)34(15-11-13-22-52)42(43(35)47)36-28-33(17-19-39(36)62-47)61-44(54)48-37-18-16-32(56-6)29-40(37)57-7/h8,16-19,27-29,31,34,41-43,51-53H,1,9-15,20-26,30H2,2-7H3,(H,48,54)/t31-,34+,41-,42+,43+,47+/m0/s1. The minimum atomic E-state index is -1.54. The summed E-state index contributed by atoms with van der Waals surface area (Å²) in [7, 11) is 3.03. The number of unbranched alkanes of at least 4 members (excludes halogenated alkanes) is 2. The molecular formula is C47H67N3O13. The summed E-state index contributed by atoms with van der Waals surface area (Å²) in [6, 6.07) is 9.40. The van der Waals surface area contributed by atoms with E-state index in [9.17, 15) is 24.9 Å². The van der Waals surface area contributed by atoms with Gasteiger partial charge in [0.05, 0.1) is 64.6 Å². The molecule has 63 heavy (non-hydrogen) atoms. The topological polar surface area (TPSA) is 196 Å². The fraction of sp³-hybridized carbons (Fsp3) is 0.596. The average molecular weight is 882 g/mol. The fourth-order valence-corrected chi connectivity index (χ4v) is 8.96. The molecule has 2 aromatic rings. The molecular weight excluding hydrogens is 815 g/mol. The van der Waals surface area contributed by atoms with Crippen LogP contribution in [0.2, 0.25) is 0 Å². The van der Waals surface area contributed by atoms with Crippen molar-refractivity contribution in [3.8, 4) is 23.0 Å². The van der Waals surface area contributed by atoms with Crippen LogP contribution in [0.25, 0.3) is 0 Å². The van der Waals surface area contributed by atoms with Gasteiger partial charge in [-0.15, -0.1) is 6.58 Å². The van der Waals surface area contributed by atoms with Crippen molar-refractivity contribution in [1.29, 1.82) is 0 Å². The Balaban J connectivity index is 1.73. The zero-order valence-corrected chi connectivity index (χ0v) is 37.6. The maximum absolute atomic E-state index is 14.2. The highest BCUT2D eigenvalue weighted by Gasteiger charge is 2.65. The molecule has 0 bridgehead atoms. The van der Waals surface area contributed by atoms with E-state index in [1.807, 2.05) is 26.8 Å². The van der Waals surface area contributed by atoms with E-state index in [2.05, 4.69) is 18.0 Å². The first-order valence-corrected chi connectivity index (χ1v) is 22.0. The molecule has 3 aliphatic rings. The number of fused-ring (bicyclic) bond motifs is 2. The van der Waals surface area contributed by atoms with E-state index in [0.29, 0.717) is 47.9 Å². The van der Waals surface area contributed by atoms with Crippen molar-refractivity contribution in [2.45, 2.75) is 96.0 Å². The maximum Gasteiger partial charge on any atom is 0.417 e. The van der Waals surface area contributed by atoms with Gasteiger partial charge >= 0.3 is 12.2 Å². The highest BCUT2D eigenvalue weighted by molar-refractivity contribution is 6.03. The van der Waals surface area contributed by atoms with Gasteiger partial charge in [0.25, 0.3) is 0 Å². The SMILES string of the molecule is C=CCO[C@@]12Oc3ccc(OC(=O)Nc4ccc(OC)cc4OC)cc3[C@H]3[C@H](CCCCO)[C@@H](CCCCO)C=C(C(=NOC(C)(C)C)C[C@@H]1N(CCOCCO)C(=O)OCC)[C@H]32. The molecule has 1 aliphatic heterocycles. The van der Waals surface area contributed by atoms with Crippen molar-refractivity contribution >= 4 is 23.6 Å². The summed E-state index contributed by atoms with van der Waals surface area (Å²) in [5, 5.41) is 36.9. The molecule has 0 spiro atoms. The summed E-state index contributed by atoms with van der Waals surface area (Å²) >= 11 is 0. The molecule has 348 valence electrons. The van der Waals surface area contributed by atoms with Crippen LogP contribution in [0.5, 0.6) is 23.0 Å². The lowest BCUT2D eigenvalue weighted by molar-refractivity contribution is -0.256. The fourth-order valence-electron chi connectivity index (χ4n) is 8.96. The molecule has 16 heteroatoms. The lowest BCUT2D eigenvalue weighted by atomic mass is 9.55. The number of aliphatic hydroxyl groups is 3. The Hall–Kier alpha value is -4.87. The lowest BCUT2D eigenvalue weighted by Gasteiger charge is -2.59. The van der Waals surface area contributed by atoms with E-state index in [1.165, 1.54) is 14.2 Å². The summed E-state index contributed by atoms with van der Waals surface area (Å²) in [6.07, 6.45) is 6.85. The van der Waals surface area contributed by atoms with Crippen LogP contribution < -0.4 is 24.3 Å². The normalized spacial score (nSPS) is 23.0. The third-order valence-electron chi connectivity index (χ3n) is 11.5. The Bertz CT molecular complexity index is 1900. The number of hydrogen-bond acceptors (Lipinski definition) is 14. The van der Waals surface area contributed by atoms with Crippen molar-refractivity contribution in [3.63, 3.8) is 0 Å². The number of amides is 2. The molecule has 5 rings (SSSR count). The molecule has 0 unspecified atom stereocenters. The van der Waals surface area contributed by atoms with Gasteiger partial charge in [-0.05, 0) is 101 Å². The summed E-state index contributed by atoms with van der Waals surface area (Å²) in [6.45, 7) is 11.8. The molecule has 0 radical (unpaired) electrons. The van der Waals surface area contributed by atoms with E-state index >= 15 is 0 Å². The minimum Gasteiger partial charge on any atom is -0.497 e. The molecule has 0 saturated heterocycles. The van der Waals surface area contributed by atoms with E-state index in [1.54, 1.807) is 48.2 Å². The predicted molar refractivity (Wildman–Crippen MR) is 237 cm³/mol. The predicted octanol–water partition coefficient (Wildman–Crippen LogP) is 7.21. The number of rotatable bonds is 23. The Kier molecular flexibility index (Phi) is 18.1. The number of carbonyl (C=O) groups is 2. The van der Waals surface area contributed by atoms with E-state index in [4.69, 9.17) is 43.2 Å². The van der Waals surface area contributed by atoms with Crippen LogP contribution in [0.15, 0.2) is 65.9 Å². The van der Waals surface area contributed by atoms with Crippen molar-refractivity contribution in [2.24, 2.45) is 22.9 Å². The Labute approximate surface area is 371 Å². The third-order valence-corrected chi connectivity index (χ3v) is 11.5. The smallest absolute Gasteiger partial charge is 0.417 e. The van der Waals surface area contributed by atoms with E-state index in [-0.39, 0.29) is 82.7 Å². The second kappa shape index (κ2) is 23.2. The number of carbonyl (C=O) groups excluding carboxylic acids is 2. The van der Waals surface area contributed by atoms with Crippen molar-refractivity contribution in [1.82, 2.24) is 4.90 Å². The summed E-state index contributed by atoms with van der Waals surface area (Å²) in [5.41, 5.74) is 1.95. The summed E-state index contributed by atoms with van der Waals surface area (Å²) in [4.78, 5) is 35.5. The molecule has 2 aliphatic carbocycles. The first-order chi connectivity index (χ1) is 30.4. The van der Waals surface area contributed by atoms with Crippen LogP contribution in [-0.4, -0.2) is 123 Å². The molecule has 2 aromatic carbocycles. The zero-order chi connectivity index (χ0) is 45.6. The molecule has 2 amide bonds. The van der Waals surface area contributed by atoms with Gasteiger partial charge in [0.2, 0.25) is 5.79 Å². The van der Waals surface area contributed by atoms with Crippen molar-refractivity contribution in [3.05, 3.63) is 66.3 Å². The second-order valence-corrected chi connectivity index (χ2v) is 16.8. The van der Waals surface area contributed by atoms with Crippen LogP contribution in [0.3, 0.4) is 0 Å². The zero-order valence-electron chi connectivity index (χ0n) is 37.6. The van der Waals surface area contributed by atoms with Gasteiger partial charge in [-0.1, -0.05) is 30.1 Å². The molecule has 1 fully saturated rings. The first kappa shape index (κ1) is 49.2.